The van der Waals surface area contributed by atoms with Crippen LogP contribution in [0, 0.1) is 0 Å². The van der Waals surface area contributed by atoms with Crippen LogP contribution in [0.1, 0.15) is 38.2 Å². The van der Waals surface area contributed by atoms with Gasteiger partial charge in [-0.1, -0.05) is 97.1 Å². The standard InChI is InChI=1S/C40H30N2O3/c43-39-33-18-10-11-19-34(33)40(45-39)35-22-20-31(41-30-16-8-3-9-17-30)24-38(35)44-37-23-21-32(25-36(37)40)42(26-28-12-4-1-5-13-28)27-29-14-6-2-7-15-29/h1-25,41H,26-27H2. The molecule has 2 aliphatic rings. The Morgan fingerprint density at radius 3 is 1.91 bits per heavy atom. The van der Waals surface area contributed by atoms with Crippen LogP contribution < -0.4 is 15.0 Å². The summed E-state index contributed by atoms with van der Waals surface area (Å²) in [5.74, 6) is 0.963. The van der Waals surface area contributed by atoms with E-state index in [1.54, 1.807) is 0 Å². The van der Waals surface area contributed by atoms with Crippen molar-refractivity contribution in [3.8, 4) is 11.5 Å². The third kappa shape index (κ3) is 4.79. The molecule has 0 radical (unpaired) electrons. The van der Waals surface area contributed by atoms with E-state index in [1.165, 1.54) is 11.1 Å². The maximum atomic E-state index is 13.5. The van der Waals surface area contributed by atoms with Gasteiger partial charge in [-0.25, -0.2) is 4.79 Å². The van der Waals surface area contributed by atoms with Crippen LogP contribution in [0.4, 0.5) is 17.1 Å². The zero-order chi connectivity index (χ0) is 30.2. The molecule has 6 aromatic carbocycles. The molecule has 6 aromatic rings. The summed E-state index contributed by atoms with van der Waals surface area (Å²) in [5.41, 5.74) is 7.11. The molecule has 2 heterocycles. The first-order valence-electron chi connectivity index (χ1n) is 15.1. The van der Waals surface area contributed by atoms with Crippen molar-refractivity contribution >= 4 is 23.0 Å². The van der Waals surface area contributed by atoms with Crippen molar-refractivity contribution in [2.75, 3.05) is 10.2 Å². The fraction of sp³-hybridized carbons (Fsp3) is 0.0750. The molecule has 1 spiro atoms. The van der Waals surface area contributed by atoms with Crippen molar-refractivity contribution in [2.45, 2.75) is 18.7 Å². The van der Waals surface area contributed by atoms with Crippen LogP contribution in [0.25, 0.3) is 0 Å². The zero-order valence-electron chi connectivity index (χ0n) is 24.5. The van der Waals surface area contributed by atoms with Crippen LogP contribution in [0.15, 0.2) is 152 Å². The normalized spacial score (nSPS) is 15.8. The summed E-state index contributed by atoms with van der Waals surface area (Å²) in [6.45, 7) is 1.42. The number of hydrogen-bond acceptors (Lipinski definition) is 5. The lowest BCUT2D eigenvalue weighted by atomic mass is 9.77. The summed E-state index contributed by atoms with van der Waals surface area (Å²) in [5, 5.41) is 3.46. The van der Waals surface area contributed by atoms with Crippen LogP contribution in [-0.4, -0.2) is 5.97 Å². The summed E-state index contributed by atoms with van der Waals surface area (Å²) >= 11 is 0. The van der Waals surface area contributed by atoms with E-state index in [0.29, 0.717) is 30.2 Å². The first kappa shape index (κ1) is 26.8. The van der Waals surface area contributed by atoms with E-state index in [0.717, 1.165) is 33.8 Å². The van der Waals surface area contributed by atoms with Crippen LogP contribution in [0.2, 0.25) is 0 Å². The Morgan fingerprint density at radius 1 is 0.556 bits per heavy atom. The van der Waals surface area contributed by atoms with Gasteiger partial charge in [0.2, 0.25) is 0 Å². The minimum absolute atomic E-state index is 0.341. The molecule has 2 aliphatic heterocycles. The largest absolute Gasteiger partial charge is 0.456 e. The van der Waals surface area contributed by atoms with Gasteiger partial charge in [-0.3, -0.25) is 0 Å². The molecule has 8 rings (SSSR count). The number of esters is 1. The molecule has 1 atom stereocenters. The third-order valence-corrected chi connectivity index (χ3v) is 8.56. The highest BCUT2D eigenvalue weighted by Crippen LogP contribution is 2.57. The third-order valence-electron chi connectivity index (χ3n) is 8.56. The van der Waals surface area contributed by atoms with E-state index in [1.807, 2.05) is 91.0 Å². The highest BCUT2D eigenvalue weighted by Gasteiger charge is 2.53. The average Bonchev–Trinajstić information content (AvgIpc) is 3.38. The first-order valence-corrected chi connectivity index (χ1v) is 15.1. The lowest BCUT2D eigenvalue weighted by Gasteiger charge is -2.37. The molecule has 0 bridgehead atoms. The van der Waals surface area contributed by atoms with Gasteiger partial charge in [0.25, 0.3) is 0 Å². The fourth-order valence-corrected chi connectivity index (χ4v) is 6.47. The molecule has 0 amide bonds. The van der Waals surface area contributed by atoms with Crippen molar-refractivity contribution < 1.29 is 14.3 Å². The summed E-state index contributed by atoms with van der Waals surface area (Å²) in [4.78, 5) is 15.8. The molecular weight excluding hydrogens is 556 g/mol. The van der Waals surface area contributed by atoms with Gasteiger partial charge in [0.1, 0.15) is 11.5 Å². The predicted molar refractivity (Wildman–Crippen MR) is 177 cm³/mol. The van der Waals surface area contributed by atoms with Crippen LogP contribution >= 0.6 is 0 Å². The number of benzene rings is 6. The number of fused-ring (bicyclic) bond motifs is 6. The summed E-state index contributed by atoms with van der Waals surface area (Å²) in [6.07, 6.45) is 0. The number of ether oxygens (including phenoxy) is 2. The quantitative estimate of drug-likeness (QED) is 0.189. The van der Waals surface area contributed by atoms with Gasteiger partial charge in [-0.15, -0.1) is 0 Å². The molecule has 0 fully saturated rings. The van der Waals surface area contributed by atoms with E-state index >= 15 is 0 Å². The maximum Gasteiger partial charge on any atom is 0.340 e. The summed E-state index contributed by atoms with van der Waals surface area (Å²) < 4.78 is 13.1. The number of nitrogens with zero attached hydrogens (tertiary/aromatic N) is 1. The fourth-order valence-electron chi connectivity index (χ4n) is 6.47. The Labute approximate surface area is 262 Å². The molecule has 1 N–H and O–H groups in total. The molecule has 5 nitrogen and oxygen atoms in total. The molecule has 0 saturated carbocycles. The number of nitrogens with one attached hydrogen (secondary N) is 1. The van der Waals surface area contributed by atoms with E-state index in [9.17, 15) is 4.79 Å². The highest BCUT2D eigenvalue weighted by atomic mass is 16.6. The second-order valence-corrected chi connectivity index (χ2v) is 11.4. The average molecular weight is 587 g/mol. The van der Waals surface area contributed by atoms with E-state index in [-0.39, 0.29) is 5.97 Å². The maximum absolute atomic E-state index is 13.5. The Bertz CT molecular complexity index is 1970. The minimum Gasteiger partial charge on any atom is -0.456 e. The molecule has 0 aliphatic carbocycles. The number of para-hydroxylation sites is 1. The molecule has 45 heavy (non-hydrogen) atoms. The highest BCUT2D eigenvalue weighted by molar-refractivity contribution is 5.97. The lowest BCUT2D eigenvalue weighted by molar-refractivity contribution is 0.0224. The Kier molecular flexibility index (Phi) is 6.57. The van der Waals surface area contributed by atoms with Crippen LogP contribution in [0.5, 0.6) is 11.5 Å². The number of anilines is 3. The molecular formula is C40H30N2O3. The van der Waals surface area contributed by atoms with Crippen LogP contribution in [0.3, 0.4) is 0 Å². The molecule has 5 heteroatoms. The van der Waals surface area contributed by atoms with Gasteiger partial charge >= 0.3 is 5.97 Å². The van der Waals surface area contributed by atoms with Crippen LogP contribution in [-0.2, 0) is 23.4 Å². The van der Waals surface area contributed by atoms with E-state index in [4.69, 9.17) is 9.47 Å². The second kappa shape index (κ2) is 11.0. The van der Waals surface area contributed by atoms with Crippen molar-refractivity contribution in [3.05, 3.63) is 185 Å². The Balaban J connectivity index is 1.27. The van der Waals surface area contributed by atoms with Crippen molar-refractivity contribution in [3.63, 3.8) is 0 Å². The topological polar surface area (TPSA) is 50.8 Å². The van der Waals surface area contributed by atoms with Crippen molar-refractivity contribution in [1.82, 2.24) is 0 Å². The monoisotopic (exact) mass is 586 g/mol. The number of rotatable bonds is 7. The molecule has 0 aromatic heterocycles. The summed E-state index contributed by atoms with van der Waals surface area (Å²) in [7, 11) is 0. The smallest absolute Gasteiger partial charge is 0.340 e. The van der Waals surface area contributed by atoms with Gasteiger partial charge in [0.15, 0.2) is 5.60 Å². The van der Waals surface area contributed by atoms with E-state index < -0.39 is 5.60 Å². The summed E-state index contributed by atoms with van der Waals surface area (Å²) in [6, 6.07) is 50.9. The van der Waals surface area contributed by atoms with Gasteiger partial charge in [-0.05, 0) is 59.7 Å². The molecule has 218 valence electrons. The number of hydrogen-bond donors (Lipinski definition) is 1. The number of carbonyl (C=O) groups excluding carboxylic acids is 1. The molecule has 1 unspecified atom stereocenters. The SMILES string of the molecule is O=C1OC2(c3ccc(Nc4ccccc4)cc3Oc3ccc(N(Cc4ccccc4)Cc4ccccc4)cc32)c2ccccc21. The van der Waals surface area contributed by atoms with Gasteiger partial charge in [-0.2, -0.15) is 0 Å². The van der Waals surface area contributed by atoms with Gasteiger partial charge in [0.05, 0.1) is 5.56 Å². The molecule has 0 saturated heterocycles. The minimum atomic E-state index is -1.15. The Morgan fingerprint density at radius 2 is 1.20 bits per heavy atom. The van der Waals surface area contributed by atoms with Gasteiger partial charge in [0, 0.05) is 52.9 Å². The zero-order valence-corrected chi connectivity index (χ0v) is 24.5. The van der Waals surface area contributed by atoms with E-state index in [2.05, 4.69) is 70.9 Å². The van der Waals surface area contributed by atoms with Crippen molar-refractivity contribution in [2.24, 2.45) is 0 Å². The van der Waals surface area contributed by atoms with Gasteiger partial charge < -0.3 is 19.7 Å². The lowest BCUT2D eigenvalue weighted by Crippen LogP contribution is -2.33. The number of carbonyl (C=O) groups is 1. The Hall–Kier alpha value is -5.81. The first-order chi connectivity index (χ1) is 22.2. The second-order valence-electron chi connectivity index (χ2n) is 11.4. The predicted octanol–water partition coefficient (Wildman–Crippen LogP) is 9.21. The van der Waals surface area contributed by atoms with Crippen molar-refractivity contribution in [1.29, 1.82) is 0 Å².